The van der Waals surface area contributed by atoms with Crippen molar-refractivity contribution in [3.05, 3.63) is 70.6 Å². The maximum atomic E-state index is 13.4. The Kier molecular flexibility index (Phi) is 6.12. The van der Waals surface area contributed by atoms with E-state index >= 15 is 0 Å². The second-order valence-corrected chi connectivity index (χ2v) is 9.22. The van der Waals surface area contributed by atoms with Crippen LogP contribution in [0.4, 0.5) is 0 Å². The smallest absolute Gasteiger partial charge is 0.329 e. The second kappa shape index (κ2) is 9.33. The number of benzene rings is 2. The molecule has 32 heavy (non-hydrogen) atoms. The number of nitrogens with one attached hydrogen (secondary N) is 1. The summed E-state index contributed by atoms with van der Waals surface area (Å²) in [5.74, 6) is 0.671. The summed E-state index contributed by atoms with van der Waals surface area (Å²) in [5, 5.41) is 3.37. The number of likely N-dealkylation sites (tertiary alicyclic amines) is 1. The molecule has 0 unspecified atom stereocenters. The fourth-order valence-corrected chi connectivity index (χ4v) is 5.37. The molecule has 0 spiro atoms. The van der Waals surface area contributed by atoms with Gasteiger partial charge in [0.15, 0.2) is 0 Å². The Bertz CT molecular complexity index is 1120. The predicted octanol–water partition coefficient (Wildman–Crippen LogP) is 3.21. The van der Waals surface area contributed by atoms with Gasteiger partial charge in [-0.25, -0.2) is 4.79 Å². The zero-order valence-corrected chi connectivity index (χ0v) is 18.6. The quantitative estimate of drug-likeness (QED) is 0.674. The topological polar surface area (TPSA) is 59.3 Å². The van der Waals surface area contributed by atoms with E-state index in [1.54, 1.807) is 4.57 Å². The van der Waals surface area contributed by atoms with Gasteiger partial charge in [0.05, 0.1) is 11.0 Å². The highest BCUT2D eigenvalue weighted by Crippen LogP contribution is 2.24. The van der Waals surface area contributed by atoms with Crippen molar-refractivity contribution < 1.29 is 4.79 Å². The van der Waals surface area contributed by atoms with Gasteiger partial charge in [-0.2, -0.15) is 0 Å². The molecule has 0 saturated carbocycles. The minimum absolute atomic E-state index is 0.0505. The van der Waals surface area contributed by atoms with Gasteiger partial charge in [-0.05, 0) is 68.8 Å². The zero-order chi connectivity index (χ0) is 21.9. The molecular formula is C26H32N4O2. The first-order chi connectivity index (χ1) is 15.7. The van der Waals surface area contributed by atoms with Crippen molar-refractivity contribution in [2.45, 2.75) is 44.7 Å². The third-order valence-corrected chi connectivity index (χ3v) is 7.17. The van der Waals surface area contributed by atoms with Gasteiger partial charge in [-0.15, -0.1) is 0 Å². The number of piperidine rings is 2. The molecule has 2 aliphatic heterocycles. The summed E-state index contributed by atoms with van der Waals surface area (Å²) in [4.78, 5) is 28.5. The minimum atomic E-state index is -0.0505. The molecule has 2 aromatic carbocycles. The number of fused-ring (bicyclic) bond motifs is 1. The van der Waals surface area contributed by atoms with Crippen LogP contribution in [-0.2, 0) is 17.8 Å². The van der Waals surface area contributed by atoms with Gasteiger partial charge in [0.1, 0.15) is 6.54 Å². The number of aromatic nitrogens is 2. The summed E-state index contributed by atoms with van der Waals surface area (Å²) >= 11 is 0. The average Bonchev–Trinajstić information content (AvgIpc) is 3.12. The minimum Gasteiger partial charge on any atom is -0.341 e. The molecule has 2 fully saturated rings. The molecule has 5 rings (SSSR count). The lowest BCUT2D eigenvalue weighted by Crippen LogP contribution is -2.42. The van der Waals surface area contributed by atoms with Crippen LogP contribution in [-0.4, -0.2) is 46.1 Å². The van der Waals surface area contributed by atoms with E-state index in [1.165, 1.54) is 5.56 Å². The van der Waals surface area contributed by atoms with Gasteiger partial charge in [0, 0.05) is 19.1 Å². The van der Waals surface area contributed by atoms with E-state index < -0.39 is 0 Å². The van der Waals surface area contributed by atoms with Crippen molar-refractivity contribution in [2.75, 3.05) is 26.2 Å². The molecule has 1 aromatic heterocycles. The first kappa shape index (κ1) is 21.0. The lowest BCUT2D eigenvalue weighted by Gasteiger charge is -2.32. The maximum absolute atomic E-state index is 13.4. The molecule has 2 aliphatic rings. The number of carbonyl (C=O) groups excluding carboxylic acids is 1. The Morgan fingerprint density at radius 1 is 0.875 bits per heavy atom. The zero-order valence-electron chi connectivity index (χ0n) is 18.6. The van der Waals surface area contributed by atoms with Crippen molar-refractivity contribution in [3.63, 3.8) is 0 Å². The number of carbonyl (C=O) groups is 1. The summed E-state index contributed by atoms with van der Waals surface area (Å²) in [6.07, 6.45) is 5.00. The van der Waals surface area contributed by atoms with Crippen molar-refractivity contribution in [2.24, 2.45) is 5.92 Å². The molecule has 0 radical (unpaired) electrons. The number of imidazole rings is 1. The number of amides is 1. The summed E-state index contributed by atoms with van der Waals surface area (Å²) in [6.45, 7) is 3.53. The van der Waals surface area contributed by atoms with E-state index in [2.05, 4.69) is 35.6 Å². The van der Waals surface area contributed by atoms with Crippen LogP contribution >= 0.6 is 0 Å². The number of para-hydroxylation sites is 2. The summed E-state index contributed by atoms with van der Waals surface area (Å²) < 4.78 is 3.62. The Labute approximate surface area is 188 Å². The number of nitrogens with zero attached hydrogens (tertiary/aromatic N) is 3. The van der Waals surface area contributed by atoms with E-state index in [9.17, 15) is 9.59 Å². The Morgan fingerprint density at radius 2 is 1.53 bits per heavy atom. The maximum Gasteiger partial charge on any atom is 0.329 e. The fraction of sp³-hybridized carbons (Fsp3) is 0.462. The highest BCUT2D eigenvalue weighted by atomic mass is 16.2. The molecule has 0 bridgehead atoms. The SMILES string of the molecule is O=C(Cn1c(=O)n(C2CCNCC2)c2ccccc21)N1CCC(Cc2ccccc2)CC1. The van der Waals surface area contributed by atoms with Crippen LogP contribution in [0.25, 0.3) is 11.0 Å². The first-order valence-corrected chi connectivity index (χ1v) is 11.9. The summed E-state index contributed by atoms with van der Waals surface area (Å²) in [6, 6.07) is 18.7. The molecule has 2 saturated heterocycles. The van der Waals surface area contributed by atoms with Crippen LogP contribution in [0.15, 0.2) is 59.4 Å². The Balaban J connectivity index is 1.29. The van der Waals surface area contributed by atoms with Gasteiger partial charge in [-0.1, -0.05) is 42.5 Å². The van der Waals surface area contributed by atoms with E-state index in [-0.39, 0.29) is 24.2 Å². The summed E-state index contributed by atoms with van der Waals surface area (Å²) in [7, 11) is 0. The Morgan fingerprint density at radius 3 is 2.25 bits per heavy atom. The van der Waals surface area contributed by atoms with Gasteiger partial charge >= 0.3 is 5.69 Å². The third-order valence-electron chi connectivity index (χ3n) is 7.17. The van der Waals surface area contributed by atoms with Gasteiger partial charge < -0.3 is 10.2 Å². The average molecular weight is 433 g/mol. The van der Waals surface area contributed by atoms with E-state index in [0.717, 1.165) is 69.3 Å². The molecule has 0 aliphatic carbocycles. The van der Waals surface area contributed by atoms with Gasteiger partial charge in [-0.3, -0.25) is 13.9 Å². The molecule has 3 heterocycles. The molecule has 168 valence electrons. The van der Waals surface area contributed by atoms with Crippen LogP contribution in [0.2, 0.25) is 0 Å². The first-order valence-electron chi connectivity index (χ1n) is 11.9. The van der Waals surface area contributed by atoms with Crippen LogP contribution in [0.1, 0.15) is 37.3 Å². The molecule has 1 amide bonds. The van der Waals surface area contributed by atoms with Crippen molar-refractivity contribution >= 4 is 16.9 Å². The van der Waals surface area contributed by atoms with Gasteiger partial charge in [0.25, 0.3) is 0 Å². The normalized spacial score (nSPS) is 18.3. The molecule has 6 nitrogen and oxygen atoms in total. The number of hydrogen-bond donors (Lipinski definition) is 1. The molecule has 0 atom stereocenters. The van der Waals surface area contributed by atoms with Crippen LogP contribution in [0, 0.1) is 5.92 Å². The van der Waals surface area contributed by atoms with Crippen LogP contribution < -0.4 is 11.0 Å². The summed E-state index contributed by atoms with van der Waals surface area (Å²) in [5.41, 5.74) is 3.13. The third kappa shape index (κ3) is 4.24. The lowest BCUT2D eigenvalue weighted by atomic mass is 9.90. The highest BCUT2D eigenvalue weighted by molar-refractivity contribution is 5.81. The predicted molar refractivity (Wildman–Crippen MR) is 127 cm³/mol. The van der Waals surface area contributed by atoms with Crippen LogP contribution in [0.5, 0.6) is 0 Å². The molecule has 6 heteroatoms. The standard InChI is InChI=1S/C26H32N4O2/c31-25(28-16-12-21(13-17-28)18-20-6-2-1-3-7-20)19-29-23-8-4-5-9-24(23)30(26(29)32)22-10-14-27-15-11-22/h1-9,21-22,27H,10-19H2. The monoisotopic (exact) mass is 432 g/mol. The van der Waals surface area contributed by atoms with Crippen molar-refractivity contribution in [3.8, 4) is 0 Å². The Hall–Kier alpha value is -2.86. The van der Waals surface area contributed by atoms with Gasteiger partial charge in [0.2, 0.25) is 5.91 Å². The molecule has 3 aromatic rings. The van der Waals surface area contributed by atoms with E-state index in [1.807, 2.05) is 33.7 Å². The lowest BCUT2D eigenvalue weighted by molar-refractivity contribution is -0.133. The highest BCUT2D eigenvalue weighted by Gasteiger charge is 2.26. The largest absolute Gasteiger partial charge is 0.341 e. The van der Waals surface area contributed by atoms with Crippen molar-refractivity contribution in [1.29, 1.82) is 0 Å². The second-order valence-electron chi connectivity index (χ2n) is 9.22. The molecular weight excluding hydrogens is 400 g/mol. The number of hydrogen-bond acceptors (Lipinski definition) is 3. The fourth-order valence-electron chi connectivity index (χ4n) is 5.37. The van der Waals surface area contributed by atoms with E-state index in [0.29, 0.717) is 5.92 Å². The van der Waals surface area contributed by atoms with Crippen molar-refractivity contribution in [1.82, 2.24) is 19.4 Å². The van der Waals surface area contributed by atoms with Crippen LogP contribution in [0.3, 0.4) is 0 Å². The number of rotatable bonds is 5. The van der Waals surface area contributed by atoms with E-state index in [4.69, 9.17) is 0 Å². The molecule has 1 N–H and O–H groups in total.